The van der Waals surface area contributed by atoms with Crippen molar-refractivity contribution in [3.63, 3.8) is 0 Å². The molecule has 0 bridgehead atoms. The van der Waals surface area contributed by atoms with Crippen LogP contribution in [0.4, 0.5) is 5.82 Å². The van der Waals surface area contributed by atoms with E-state index in [1.807, 2.05) is 11.0 Å². The summed E-state index contributed by atoms with van der Waals surface area (Å²) >= 11 is 6.31. The average Bonchev–Trinajstić information content (AvgIpc) is 2.96. The van der Waals surface area contributed by atoms with Crippen LogP contribution in [0.25, 0.3) is 5.70 Å². The summed E-state index contributed by atoms with van der Waals surface area (Å²) in [4.78, 5) is 30.1. The van der Waals surface area contributed by atoms with Gasteiger partial charge in [-0.3, -0.25) is 9.59 Å². The fraction of sp³-hybridized carbons (Fsp3) is 0.550. The lowest BCUT2D eigenvalue weighted by Gasteiger charge is -2.31. The highest BCUT2D eigenvalue weighted by Gasteiger charge is 2.26. The van der Waals surface area contributed by atoms with Crippen LogP contribution >= 0.6 is 11.6 Å². The molecule has 0 radical (unpaired) electrons. The highest BCUT2D eigenvalue weighted by molar-refractivity contribution is 6.32. The summed E-state index contributed by atoms with van der Waals surface area (Å²) in [6, 6.07) is 1.81. The third-order valence-corrected chi connectivity index (χ3v) is 5.44. The highest BCUT2D eigenvalue weighted by atomic mass is 35.5. The molecule has 0 saturated carbocycles. The second kappa shape index (κ2) is 7.89. The Hall–Kier alpha value is -2.08. The van der Waals surface area contributed by atoms with Crippen molar-refractivity contribution in [1.82, 2.24) is 15.2 Å². The van der Waals surface area contributed by atoms with E-state index in [-0.39, 0.29) is 23.3 Å². The van der Waals surface area contributed by atoms with E-state index < -0.39 is 0 Å². The van der Waals surface area contributed by atoms with Gasteiger partial charge in [0, 0.05) is 49.4 Å². The minimum Gasteiger partial charge on any atom is -0.380 e. The monoisotopic (exact) mass is 390 g/mol. The number of piperidine rings is 1. The number of amides is 2. The van der Waals surface area contributed by atoms with Crippen LogP contribution in [0, 0.1) is 5.92 Å². The molecule has 3 heterocycles. The topological polar surface area (TPSA) is 74.3 Å². The number of hydrogen-bond acceptors (Lipinski definition) is 4. The Balaban J connectivity index is 1.63. The summed E-state index contributed by atoms with van der Waals surface area (Å²) in [5.74, 6) is 0.671. The molecular weight excluding hydrogens is 364 g/mol. The van der Waals surface area contributed by atoms with Crippen LogP contribution in [0.1, 0.15) is 52.0 Å². The van der Waals surface area contributed by atoms with E-state index in [1.54, 1.807) is 13.1 Å². The average molecular weight is 391 g/mol. The van der Waals surface area contributed by atoms with Crippen LogP contribution in [0.5, 0.6) is 0 Å². The van der Waals surface area contributed by atoms with Gasteiger partial charge in [-0.2, -0.15) is 0 Å². The molecule has 6 nitrogen and oxygen atoms in total. The van der Waals surface area contributed by atoms with Gasteiger partial charge < -0.3 is 15.5 Å². The molecule has 0 aromatic carbocycles. The minimum atomic E-state index is -0.0835. The molecule has 7 heteroatoms. The van der Waals surface area contributed by atoms with Crippen LogP contribution in [0.15, 0.2) is 18.3 Å². The lowest BCUT2D eigenvalue weighted by molar-refractivity contribution is -0.131. The number of likely N-dealkylation sites (tertiary alicyclic amines) is 1. The molecule has 0 unspecified atom stereocenters. The zero-order valence-corrected chi connectivity index (χ0v) is 16.9. The van der Waals surface area contributed by atoms with Gasteiger partial charge in [0.05, 0.1) is 5.02 Å². The van der Waals surface area contributed by atoms with Crippen LogP contribution in [0.3, 0.4) is 0 Å². The second-order valence-corrected chi connectivity index (χ2v) is 8.51. The number of carbonyl (C=O) groups excluding carboxylic acids is 2. The lowest BCUT2D eigenvalue weighted by atomic mass is 9.94. The normalized spacial score (nSPS) is 21.4. The van der Waals surface area contributed by atoms with Gasteiger partial charge in [0.1, 0.15) is 5.82 Å². The fourth-order valence-corrected chi connectivity index (χ4v) is 3.89. The molecule has 146 valence electrons. The molecule has 2 aliphatic heterocycles. The zero-order valence-electron chi connectivity index (χ0n) is 16.1. The van der Waals surface area contributed by atoms with E-state index in [1.165, 1.54) is 0 Å². The van der Waals surface area contributed by atoms with Gasteiger partial charge in [0.2, 0.25) is 11.8 Å². The quantitative estimate of drug-likeness (QED) is 0.825. The van der Waals surface area contributed by atoms with Crippen molar-refractivity contribution in [3.05, 3.63) is 28.9 Å². The van der Waals surface area contributed by atoms with Crippen molar-refractivity contribution in [3.8, 4) is 0 Å². The second-order valence-electron chi connectivity index (χ2n) is 8.11. The molecule has 1 atom stereocenters. The Labute approximate surface area is 165 Å². The van der Waals surface area contributed by atoms with Gasteiger partial charge in [-0.05, 0) is 45.1 Å². The largest absolute Gasteiger partial charge is 0.380 e. The van der Waals surface area contributed by atoms with Crippen molar-refractivity contribution >= 4 is 34.9 Å². The Morgan fingerprint density at radius 3 is 2.89 bits per heavy atom. The number of aromatic nitrogens is 1. The van der Waals surface area contributed by atoms with E-state index in [9.17, 15) is 9.59 Å². The maximum absolute atomic E-state index is 12.5. The smallest absolute Gasteiger partial charge is 0.225 e. The number of nitrogens with zero attached hydrogens (tertiary/aromatic N) is 2. The Morgan fingerprint density at radius 2 is 2.22 bits per heavy atom. The van der Waals surface area contributed by atoms with E-state index in [2.05, 4.69) is 35.5 Å². The van der Waals surface area contributed by atoms with Gasteiger partial charge >= 0.3 is 0 Å². The minimum absolute atomic E-state index is 0.00505. The van der Waals surface area contributed by atoms with Crippen LogP contribution < -0.4 is 10.6 Å². The maximum Gasteiger partial charge on any atom is 0.225 e. The standard InChI is InChI=1S/C20H27ClN4O2/c1-13(26)25-8-4-5-14(12-25)9-19(27)23-18-10-15(16(21)11-22-18)17-6-7-20(2,3)24-17/h6,10-11,14,24H,4-5,7-9,12H2,1-3H3,(H,22,23,27)/t14-/m1/s1. The summed E-state index contributed by atoms with van der Waals surface area (Å²) in [7, 11) is 0. The van der Waals surface area contributed by atoms with Gasteiger partial charge in [-0.25, -0.2) is 4.98 Å². The first-order chi connectivity index (χ1) is 12.7. The van der Waals surface area contributed by atoms with Gasteiger partial charge in [-0.15, -0.1) is 0 Å². The third kappa shape index (κ3) is 5.01. The number of hydrogen-bond donors (Lipinski definition) is 2. The molecule has 0 aliphatic carbocycles. The molecule has 3 rings (SSSR count). The van der Waals surface area contributed by atoms with Crippen LogP contribution in [0.2, 0.25) is 5.02 Å². The molecule has 2 amide bonds. The first-order valence-corrected chi connectivity index (χ1v) is 9.81. The molecule has 1 fully saturated rings. The number of pyridine rings is 1. The Bertz CT molecular complexity index is 775. The van der Waals surface area contributed by atoms with Crippen LogP contribution in [-0.4, -0.2) is 40.3 Å². The molecule has 2 N–H and O–H groups in total. The van der Waals surface area contributed by atoms with Gasteiger partial charge in [0.15, 0.2) is 0 Å². The molecule has 1 aromatic heterocycles. The van der Waals surface area contributed by atoms with E-state index >= 15 is 0 Å². The first kappa shape index (κ1) is 19.7. The number of anilines is 1. The van der Waals surface area contributed by atoms with E-state index in [0.717, 1.165) is 37.1 Å². The summed E-state index contributed by atoms with van der Waals surface area (Å²) in [5, 5.41) is 6.88. The molecule has 1 saturated heterocycles. The van der Waals surface area contributed by atoms with Crippen LogP contribution in [-0.2, 0) is 9.59 Å². The molecule has 27 heavy (non-hydrogen) atoms. The summed E-state index contributed by atoms with van der Waals surface area (Å²) < 4.78 is 0. The molecular formula is C20H27ClN4O2. The fourth-order valence-electron chi connectivity index (χ4n) is 3.69. The SMILES string of the molecule is CC(=O)N1CCC[C@H](CC(=O)Nc2cc(C3=CCC(C)(C)N3)c(Cl)cn2)C1. The summed E-state index contributed by atoms with van der Waals surface area (Å²) in [6.45, 7) is 7.27. The highest BCUT2D eigenvalue weighted by Crippen LogP contribution is 2.31. The number of carbonyl (C=O) groups is 2. The number of nitrogens with one attached hydrogen (secondary N) is 2. The third-order valence-electron chi connectivity index (χ3n) is 5.14. The number of halogens is 1. The molecule has 0 spiro atoms. The van der Waals surface area contributed by atoms with E-state index in [4.69, 9.17) is 11.6 Å². The predicted molar refractivity (Wildman–Crippen MR) is 107 cm³/mol. The van der Waals surface area contributed by atoms with Crippen molar-refractivity contribution < 1.29 is 9.59 Å². The first-order valence-electron chi connectivity index (χ1n) is 9.43. The van der Waals surface area contributed by atoms with Crippen molar-refractivity contribution in [2.45, 2.75) is 52.0 Å². The van der Waals surface area contributed by atoms with E-state index in [0.29, 0.717) is 23.8 Å². The molecule has 1 aromatic rings. The maximum atomic E-state index is 12.5. The lowest BCUT2D eigenvalue weighted by Crippen LogP contribution is -2.39. The van der Waals surface area contributed by atoms with Gasteiger partial charge in [-0.1, -0.05) is 17.7 Å². The van der Waals surface area contributed by atoms with Gasteiger partial charge in [0.25, 0.3) is 0 Å². The Kier molecular flexibility index (Phi) is 5.75. The summed E-state index contributed by atoms with van der Waals surface area (Å²) in [5.41, 5.74) is 1.80. The van der Waals surface area contributed by atoms with Crippen molar-refractivity contribution in [1.29, 1.82) is 0 Å². The van der Waals surface area contributed by atoms with Crippen molar-refractivity contribution in [2.75, 3.05) is 18.4 Å². The summed E-state index contributed by atoms with van der Waals surface area (Å²) in [6.07, 6.45) is 6.89. The Morgan fingerprint density at radius 1 is 1.44 bits per heavy atom. The number of rotatable bonds is 4. The predicted octanol–water partition coefficient (Wildman–Crippen LogP) is 3.43. The van der Waals surface area contributed by atoms with Crippen molar-refractivity contribution in [2.24, 2.45) is 5.92 Å². The zero-order chi connectivity index (χ0) is 19.6. The molecule has 2 aliphatic rings.